The highest BCUT2D eigenvalue weighted by Gasteiger charge is 2.78. The number of aliphatic hydroxyl groups is 3. The van der Waals surface area contributed by atoms with Gasteiger partial charge in [-0.25, -0.2) is 9.59 Å². The second-order valence-electron chi connectivity index (χ2n) is 15.9. The first-order valence-electron chi connectivity index (χ1n) is 18.4. The molecular weight excluding hydrogens is 708 g/mol. The lowest BCUT2D eigenvalue weighted by atomic mass is 9.44. The normalized spacial score (nSPS) is 33.7. The third-order valence-corrected chi connectivity index (χ3v) is 12.7. The summed E-state index contributed by atoms with van der Waals surface area (Å²) in [5.41, 5.74) is -6.12. The molecule has 55 heavy (non-hydrogen) atoms. The van der Waals surface area contributed by atoms with Crippen molar-refractivity contribution < 1.29 is 58.2 Å². The Bertz CT molecular complexity index is 2120. The monoisotopic (exact) mass is 754 g/mol. The first kappa shape index (κ1) is 38.4. The van der Waals surface area contributed by atoms with Crippen LogP contribution in [0.5, 0.6) is 5.75 Å². The number of Topliss-reactive ketones (excluding diaryl/α,β-unsaturated/α-hetero) is 1. The Kier molecular flexibility index (Phi) is 9.56. The van der Waals surface area contributed by atoms with E-state index in [-0.39, 0.29) is 30.6 Å². The van der Waals surface area contributed by atoms with Gasteiger partial charge < -0.3 is 39.0 Å². The maximum atomic E-state index is 14.9. The third kappa shape index (κ3) is 5.97. The van der Waals surface area contributed by atoms with Crippen molar-refractivity contribution in [1.29, 1.82) is 0 Å². The summed E-state index contributed by atoms with van der Waals surface area (Å²) in [5.74, 6) is -4.17. The summed E-state index contributed by atoms with van der Waals surface area (Å²) in [7, 11) is 1.48. The number of rotatable bonds is 7. The van der Waals surface area contributed by atoms with Gasteiger partial charge in [-0.15, -0.1) is 0 Å². The number of carbonyl (C=O) groups is 4. The number of esters is 3. The van der Waals surface area contributed by atoms with Gasteiger partial charge in [0, 0.05) is 31.3 Å². The summed E-state index contributed by atoms with van der Waals surface area (Å²) in [4.78, 5) is 55.4. The summed E-state index contributed by atoms with van der Waals surface area (Å²) in [5, 5.41) is 39.3. The van der Waals surface area contributed by atoms with Gasteiger partial charge in [-0.05, 0) is 77.7 Å². The zero-order valence-electron chi connectivity index (χ0n) is 31.6. The molecule has 2 bridgehead atoms. The highest BCUT2D eigenvalue weighted by Crippen LogP contribution is 2.64. The van der Waals surface area contributed by atoms with Gasteiger partial charge in [0.25, 0.3) is 0 Å². The van der Waals surface area contributed by atoms with Crippen LogP contribution in [-0.4, -0.2) is 94.4 Å². The summed E-state index contributed by atoms with van der Waals surface area (Å²) in [6.07, 6.45) is -4.84. The summed E-state index contributed by atoms with van der Waals surface area (Å²) < 4.78 is 29.5. The van der Waals surface area contributed by atoms with E-state index in [1.165, 1.54) is 39.2 Å². The predicted octanol–water partition coefficient (Wildman–Crippen LogP) is 4.51. The fraction of sp³-hybridized carbons (Fsp3) is 0.442. The molecule has 1 heterocycles. The summed E-state index contributed by atoms with van der Waals surface area (Å²) in [6.45, 7) is 7.23. The molecule has 3 aromatic rings. The third-order valence-electron chi connectivity index (χ3n) is 12.7. The number of hydrogen-bond acceptors (Lipinski definition) is 12. The van der Waals surface area contributed by atoms with Crippen LogP contribution in [0.25, 0.3) is 16.8 Å². The van der Waals surface area contributed by atoms with Gasteiger partial charge in [0.2, 0.25) is 0 Å². The fourth-order valence-electron chi connectivity index (χ4n) is 9.58. The van der Waals surface area contributed by atoms with E-state index in [4.69, 9.17) is 23.7 Å². The smallest absolute Gasteiger partial charge is 0.338 e. The molecule has 0 aromatic heterocycles. The Labute approximate surface area is 318 Å². The Morgan fingerprint density at radius 3 is 2.27 bits per heavy atom. The second-order valence-corrected chi connectivity index (χ2v) is 15.9. The Morgan fingerprint density at radius 2 is 1.64 bits per heavy atom. The standard InChI is InChI=1S/C43H46O12/c1-23-30(53-33(46)18-12-25-11-13-26-9-7-8-10-28(26)19-25)21-43(50)38(54-39(49)27-14-16-29(51-6)17-15-27)36-41(5,37(48)35(47)34(23)40(43,3)4)31(45)20-32-42(36,22-52-32)55-24(2)44/h7-19,30-32,35-36,38,45,47,50H,20-22H2,1-6H3/b18-12+/t30-,31-,32+,35+,36-,38-,41?,42-,43+/m0/s1. The minimum absolute atomic E-state index is 0.0634. The Morgan fingerprint density at radius 1 is 0.945 bits per heavy atom. The molecule has 1 unspecified atom stereocenters. The maximum absolute atomic E-state index is 14.9. The fourth-order valence-corrected chi connectivity index (χ4v) is 9.58. The predicted molar refractivity (Wildman–Crippen MR) is 199 cm³/mol. The maximum Gasteiger partial charge on any atom is 0.338 e. The topological polar surface area (TPSA) is 175 Å². The SMILES string of the molecule is COc1ccc(C(=O)O[C@H]2[C@H]3C(C)(C(=O)[C@H](O)C4=C(C)[C@@H](OC(=O)/C=C/c5ccc6ccccc6c5)C[C@]2(O)C4(C)C)[C@@H](O)C[C@H]2OC[C@]23OC(C)=O)cc1. The molecule has 12 nitrogen and oxygen atoms in total. The molecule has 0 amide bonds. The van der Waals surface area contributed by atoms with Crippen LogP contribution < -0.4 is 4.74 Å². The quantitative estimate of drug-likeness (QED) is 0.134. The van der Waals surface area contributed by atoms with Crippen molar-refractivity contribution in [2.45, 2.75) is 89.2 Å². The number of benzene rings is 3. The van der Waals surface area contributed by atoms with E-state index in [0.29, 0.717) is 11.3 Å². The Balaban J connectivity index is 1.35. The van der Waals surface area contributed by atoms with Gasteiger partial charge in [0.05, 0.1) is 36.7 Å². The number of methoxy groups -OCH3 is 1. The first-order chi connectivity index (χ1) is 26.0. The van der Waals surface area contributed by atoms with Crippen LogP contribution in [0.15, 0.2) is 84.0 Å². The minimum atomic E-state index is -2.21. The number of hydrogen-bond donors (Lipinski definition) is 3. The number of ketones is 1. The lowest BCUT2D eigenvalue weighted by molar-refractivity contribution is -0.345. The zero-order valence-corrected chi connectivity index (χ0v) is 31.6. The van der Waals surface area contributed by atoms with Gasteiger partial charge in [-0.1, -0.05) is 50.2 Å². The van der Waals surface area contributed by atoms with Gasteiger partial charge in [-0.3, -0.25) is 9.59 Å². The van der Waals surface area contributed by atoms with E-state index in [1.807, 2.05) is 42.5 Å². The highest BCUT2D eigenvalue weighted by atomic mass is 16.6. The molecule has 9 atom stereocenters. The zero-order chi connectivity index (χ0) is 39.7. The van der Waals surface area contributed by atoms with E-state index in [2.05, 4.69) is 0 Å². The number of ether oxygens (including phenoxy) is 5. The van der Waals surface area contributed by atoms with Gasteiger partial charge in [0.1, 0.15) is 35.8 Å². The van der Waals surface area contributed by atoms with Crippen molar-refractivity contribution in [2.24, 2.45) is 16.7 Å². The van der Waals surface area contributed by atoms with Crippen molar-refractivity contribution in [3.8, 4) is 5.75 Å². The van der Waals surface area contributed by atoms with Crippen molar-refractivity contribution in [3.05, 3.63) is 95.1 Å². The Hall–Kier alpha value is -4.88. The van der Waals surface area contributed by atoms with Crippen LogP contribution in [0, 0.1) is 16.7 Å². The molecule has 2 saturated carbocycles. The molecular formula is C43H46O12. The van der Waals surface area contributed by atoms with E-state index in [1.54, 1.807) is 39.0 Å². The van der Waals surface area contributed by atoms with Crippen molar-refractivity contribution in [2.75, 3.05) is 13.7 Å². The van der Waals surface area contributed by atoms with Crippen molar-refractivity contribution >= 4 is 40.5 Å². The lowest BCUT2D eigenvalue weighted by Crippen LogP contribution is -2.81. The summed E-state index contributed by atoms with van der Waals surface area (Å²) in [6, 6.07) is 19.6. The van der Waals surface area contributed by atoms with Gasteiger partial charge in [-0.2, -0.15) is 0 Å². The molecule has 3 fully saturated rings. The second kappa shape index (κ2) is 13.7. The molecule has 0 spiro atoms. The molecule has 3 aliphatic carbocycles. The average molecular weight is 755 g/mol. The van der Waals surface area contributed by atoms with E-state index in [9.17, 15) is 34.5 Å². The molecule has 4 aliphatic rings. The van der Waals surface area contributed by atoms with Crippen LogP contribution in [0.3, 0.4) is 0 Å². The lowest BCUT2D eigenvalue weighted by Gasteiger charge is -2.67. The molecule has 0 radical (unpaired) electrons. The van der Waals surface area contributed by atoms with Crippen molar-refractivity contribution in [1.82, 2.24) is 0 Å². The summed E-state index contributed by atoms with van der Waals surface area (Å²) >= 11 is 0. The van der Waals surface area contributed by atoms with Crippen LogP contribution in [0.1, 0.15) is 63.4 Å². The average Bonchev–Trinajstić information content (AvgIpc) is 3.15. The van der Waals surface area contributed by atoms with E-state index in [0.717, 1.165) is 16.3 Å². The molecule has 7 rings (SSSR count). The number of carbonyl (C=O) groups excluding carboxylic acids is 4. The minimum Gasteiger partial charge on any atom is -0.497 e. The van der Waals surface area contributed by atoms with Gasteiger partial charge >= 0.3 is 17.9 Å². The van der Waals surface area contributed by atoms with E-state index >= 15 is 0 Å². The van der Waals surface area contributed by atoms with E-state index < -0.39 is 82.2 Å². The van der Waals surface area contributed by atoms with Crippen LogP contribution in [0.4, 0.5) is 0 Å². The molecule has 1 saturated heterocycles. The molecule has 3 aromatic carbocycles. The molecule has 3 N–H and O–H groups in total. The largest absolute Gasteiger partial charge is 0.497 e. The van der Waals surface area contributed by atoms with Crippen LogP contribution in [-0.2, 0) is 33.3 Å². The van der Waals surface area contributed by atoms with Crippen LogP contribution >= 0.6 is 0 Å². The van der Waals surface area contributed by atoms with Gasteiger partial charge in [0.15, 0.2) is 11.4 Å². The highest BCUT2D eigenvalue weighted by molar-refractivity contribution is 5.94. The number of fused-ring (bicyclic) bond motifs is 6. The molecule has 290 valence electrons. The first-order valence-corrected chi connectivity index (χ1v) is 18.4. The molecule has 12 heteroatoms. The molecule has 1 aliphatic heterocycles. The van der Waals surface area contributed by atoms with Crippen molar-refractivity contribution in [3.63, 3.8) is 0 Å². The number of aliphatic hydroxyl groups excluding tert-OH is 2. The van der Waals surface area contributed by atoms with Crippen LogP contribution in [0.2, 0.25) is 0 Å².